The number of aliphatic hydroxyl groups excluding tert-OH is 1. The first kappa shape index (κ1) is 26.5. The van der Waals surface area contributed by atoms with Gasteiger partial charge in [-0.15, -0.1) is 0 Å². The van der Waals surface area contributed by atoms with E-state index in [2.05, 4.69) is 32.6 Å². The number of hydrogen-bond acceptors (Lipinski definition) is 5. The minimum Gasteiger partial charge on any atom is -0.507 e. The minimum absolute atomic E-state index is 0.138. The molecule has 1 atom stereocenters. The number of carbonyl (C=O) groups is 2. The molecule has 0 radical (unpaired) electrons. The third-order valence-corrected chi connectivity index (χ3v) is 6.77. The minimum atomic E-state index is -0.645. The van der Waals surface area contributed by atoms with Crippen LogP contribution in [0.3, 0.4) is 0 Å². The lowest BCUT2D eigenvalue weighted by Crippen LogP contribution is -2.38. The summed E-state index contributed by atoms with van der Waals surface area (Å²) < 4.78 is 5.57. The number of Topliss-reactive ketones (excluding diaryl/α,β-unsaturated/α-hetero) is 1. The van der Waals surface area contributed by atoms with Crippen molar-refractivity contribution >= 4 is 17.4 Å². The number of carbonyl (C=O) groups excluding carboxylic acids is 2. The van der Waals surface area contributed by atoms with Crippen molar-refractivity contribution < 1.29 is 19.4 Å². The molecule has 0 spiro atoms. The molecule has 0 aromatic heterocycles. The molecule has 1 N–H and O–H groups in total. The van der Waals surface area contributed by atoms with Gasteiger partial charge in [-0.1, -0.05) is 52.0 Å². The highest BCUT2D eigenvalue weighted by atomic mass is 16.5. The normalized spacial score (nSPS) is 17.6. The van der Waals surface area contributed by atoms with Crippen LogP contribution in [0.5, 0.6) is 5.75 Å². The molecule has 0 aliphatic carbocycles. The fraction of sp³-hybridized carbons (Fsp3) is 0.448. The van der Waals surface area contributed by atoms with Gasteiger partial charge in [0.25, 0.3) is 11.7 Å². The summed E-state index contributed by atoms with van der Waals surface area (Å²) in [5.74, 6) is -0.299. The zero-order valence-corrected chi connectivity index (χ0v) is 21.8. The van der Waals surface area contributed by atoms with Crippen molar-refractivity contribution in [1.82, 2.24) is 9.80 Å². The fourth-order valence-corrected chi connectivity index (χ4v) is 4.61. The molecule has 1 fully saturated rings. The van der Waals surface area contributed by atoms with Gasteiger partial charge in [0.15, 0.2) is 0 Å². The summed E-state index contributed by atoms with van der Waals surface area (Å²) in [6.07, 6.45) is 0. The van der Waals surface area contributed by atoms with Crippen molar-refractivity contribution in [2.75, 3.05) is 32.8 Å². The maximum Gasteiger partial charge on any atom is 0.295 e. The number of nitrogens with zero attached hydrogens (tertiary/aromatic N) is 2. The van der Waals surface area contributed by atoms with Crippen molar-refractivity contribution in [1.29, 1.82) is 0 Å². The van der Waals surface area contributed by atoms with Crippen LogP contribution in [0.4, 0.5) is 0 Å². The molecular formula is C29H38N2O4. The summed E-state index contributed by atoms with van der Waals surface area (Å²) in [5, 5.41) is 11.4. The number of aliphatic hydroxyl groups is 1. The van der Waals surface area contributed by atoms with Crippen LogP contribution in [0, 0.1) is 6.92 Å². The summed E-state index contributed by atoms with van der Waals surface area (Å²) in [6, 6.07) is 12.7. The first-order valence-electron chi connectivity index (χ1n) is 12.6. The van der Waals surface area contributed by atoms with E-state index < -0.39 is 17.7 Å². The largest absolute Gasteiger partial charge is 0.507 e. The Bertz CT molecular complexity index is 1080. The number of ether oxygens (including phenoxy) is 1. The number of rotatable bonds is 10. The molecule has 3 rings (SSSR count). The maximum atomic E-state index is 13.3. The highest BCUT2D eigenvalue weighted by Crippen LogP contribution is 2.40. The van der Waals surface area contributed by atoms with Crippen molar-refractivity contribution in [2.24, 2.45) is 0 Å². The van der Waals surface area contributed by atoms with Crippen LogP contribution in [0.2, 0.25) is 0 Å². The Morgan fingerprint density at radius 1 is 1.06 bits per heavy atom. The van der Waals surface area contributed by atoms with Gasteiger partial charge in [0.2, 0.25) is 0 Å². The van der Waals surface area contributed by atoms with Gasteiger partial charge in [-0.25, -0.2) is 0 Å². The molecule has 0 unspecified atom stereocenters. The van der Waals surface area contributed by atoms with Crippen LogP contribution >= 0.6 is 0 Å². The highest BCUT2D eigenvalue weighted by molar-refractivity contribution is 6.46. The third-order valence-electron chi connectivity index (χ3n) is 6.77. The lowest BCUT2D eigenvalue weighted by Gasteiger charge is -2.28. The molecule has 1 aliphatic heterocycles. The monoisotopic (exact) mass is 478 g/mol. The zero-order valence-electron chi connectivity index (χ0n) is 21.8. The number of ketones is 1. The predicted octanol–water partition coefficient (Wildman–Crippen LogP) is 5.28. The van der Waals surface area contributed by atoms with Crippen molar-refractivity contribution in [3.63, 3.8) is 0 Å². The SMILES string of the molecule is CCOc1ccc(C(O)=C2C(=O)C(=O)N(CCN(CC)CC)[C@@H]2c2ccc(C(C)C)cc2)c(C)c1. The Morgan fingerprint density at radius 3 is 2.26 bits per heavy atom. The Balaban J connectivity index is 2.11. The predicted molar refractivity (Wildman–Crippen MR) is 140 cm³/mol. The van der Waals surface area contributed by atoms with E-state index in [1.54, 1.807) is 17.0 Å². The van der Waals surface area contributed by atoms with Gasteiger partial charge >= 0.3 is 0 Å². The summed E-state index contributed by atoms with van der Waals surface area (Å²) in [4.78, 5) is 30.4. The second kappa shape index (κ2) is 11.5. The Kier molecular flexibility index (Phi) is 8.73. The van der Waals surface area contributed by atoms with E-state index in [-0.39, 0.29) is 11.3 Å². The quantitative estimate of drug-likeness (QED) is 0.286. The number of hydrogen-bond donors (Lipinski definition) is 1. The molecule has 0 bridgehead atoms. The van der Waals surface area contributed by atoms with Gasteiger partial charge in [-0.2, -0.15) is 0 Å². The van der Waals surface area contributed by atoms with Crippen molar-refractivity contribution in [3.8, 4) is 5.75 Å². The van der Waals surface area contributed by atoms with E-state index in [4.69, 9.17) is 4.74 Å². The van der Waals surface area contributed by atoms with Crippen LogP contribution in [0.1, 0.15) is 68.8 Å². The van der Waals surface area contributed by atoms with Crippen LogP contribution in [0.25, 0.3) is 5.76 Å². The summed E-state index contributed by atoms with van der Waals surface area (Å²) in [5.41, 5.74) is 3.43. The van der Waals surface area contributed by atoms with E-state index in [1.165, 1.54) is 5.56 Å². The average molecular weight is 479 g/mol. The summed E-state index contributed by atoms with van der Waals surface area (Å²) in [7, 11) is 0. The van der Waals surface area contributed by atoms with Gasteiger partial charge in [-0.05, 0) is 67.7 Å². The van der Waals surface area contributed by atoms with E-state index in [9.17, 15) is 14.7 Å². The summed E-state index contributed by atoms with van der Waals surface area (Å²) >= 11 is 0. The lowest BCUT2D eigenvalue weighted by atomic mass is 9.92. The second-order valence-electron chi connectivity index (χ2n) is 9.25. The first-order chi connectivity index (χ1) is 16.7. The van der Waals surface area contributed by atoms with Gasteiger partial charge < -0.3 is 19.6 Å². The number of benzene rings is 2. The van der Waals surface area contributed by atoms with Crippen LogP contribution in [-0.4, -0.2) is 59.4 Å². The Labute approximate surface area is 209 Å². The molecule has 1 heterocycles. The average Bonchev–Trinajstić information content (AvgIpc) is 3.09. The van der Waals surface area contributed by atoms with E-state index in [1.807, 2.05) is 44.2 Å². The molecule has 1 amide bonds. The molecule has 2 aromatic rings. The van der Waals surface area contributed by atoms with Gasteiger partial charge in [0.1, 0.15) is 11.5 Å². The molecule has 35 heavy (non-hydrogen) atoms. The summed E-state index contributed by atoms with van der Waals surface area (Å²) in [6.45, 7) is 15.5. The first-order valence-corrected chi connectivity index (χ1v) is 12.6. The standard InChI is InChI=1S/C29H38N2O4/c1-7-30(8-2)16-17-31-26(22-12-10-21(11-13-22)19(4)5)25(28(33)29(31)34)27(32)24-15-14-23(35-9-3)18-20(24)6/h10-15,18-19,26,32H,7-9,16-17H2,1-6H3/t26-/m1/s1. The van der Waals surface area contributed by atoms with Gasteiger partial charge in [0.05, 0.1) is 18.2 Å². The van der Waals surface area contributed by atoms with Gasteiger partial charge in [-0.3, -0.25) is 9.59 Å². The van der Waals surface area contributed by atoms with Crippen molar-refractivity contribution in [3.05, 3.63) is 70.3 Å². The van der Waals surface area contributed by atoms with E-state index in [0.717, 1.165) is 24.2 Å². The molecule has 188 valence electrons. The third kappa shape index (κ3) is 5.59. The van der Waals surface area contributed by atoms with Gasteiger partial charge in [0, 0.05) is 18.7 Å². The van der Waals surface area contributed by atoms with E-state index in [0.29, 0.717) is 36.9 Å². The number of likely N-dealkylation sites (tertiary alicyclic amines) is 1. The van der Waals surface area contributed by atoms with E-state index >= 15 is 0 Å². The van der Waals surface area contributed by atoms with Crippen LogP contribution < -0.4 is 4.74 Å². The molecule has 1 saturated heterocycles. The topological polar surface area (TPSA) is 70.1 Å². The Morgan fingerprint density at radius 2 is 1.71 bits per heavy atom. The molecule has 6 nitrogen and oxygen atoms in total. The Hall–Kier alpha value is -3.12. The number of likely N-dealkylation sites (N-methyl/N-ethyl adjacent to an activating group) is 1. The number of amides is 1. The molecule has 2 aromatic carbocycles. The smallest absolute Gasteiger partial charge is 0.295 e. The molecule has 1 aliphatic rings. The maximum absolute atomic E-state index is 13.3. The van der Waals surface area contributed by atoms with Crippen LogP contribution in [0.15, 0.2) is 48.0 Å². The molecule has 0 saturated carbocycles. The van der Waals surface area contributed by atoms with Crippen LogP contribution in [-0.2, 0) is 9.59 Å². The molecular weight excluding hydrogens is 440 g/mol. The lowest BCUT2D eigenvalue weighted by molar-refractivity contribution is -0.140. The fourth-order valence-electron chi connectivity index (χ4n) is 4.61. The number of aryl methyl sites for hydroxylation is 1. The highest BCUT2D eigenvalue weighted by Gasteiger charge is 2.46. The molecule has 6 heteroatoms. The second-order valence-corrected chi connectivity index (χ2v) is 9.25. The van der Waals surface area contributed by atoms with Crippen molar-refractivity contribution in [2.45, 2.75) is 53.5 Å². The zero-order chi connectivity index (χ0) is 25.7.